The molecule has 0 aliphatic rings. The zero-order chi connectivity index (χ0) is 23.5. The van der Waals surface area contributed by atoms with Crippen LogP contribution in [0.3, 0.4) is 0 Å². The van der Waals surface area contributed by atoms with Gasteiger partial charge in [0.05, 0.1) is 5.02 Å². The molecule has 0 aliphatic carbocycles. The summed E-state index contributed by atoms with van der Waals surface area (Å²) in [6.07, 6.45) is 4.95. The second-order valence-electron chi connectivity index (χ2n) is 6.16. The molecule has 0 saturated heterocycles. The van der Waals surface area contributed by atoms with Gasteiger partial charge in [0.2, 0.25) is 0 Å². The molecule has 0 bridgehead atoms. The fraction of sp³-hybridized carbons (Fsp3) is 0.0741. The molecule has 0 saturated carbocycles. The topological polar surface area (TPSA) is 35.5 Å². The zero-order valence-electron chi connectivity index (χ0n) is 18.0. The van der Waals surface area contributed by atoms with Gasteiger partial charge in [-0.1, -0.05) is 56.3 Å². The number of hydrogen-bond acceptors (Lipinski definition) is 3. The summed E-state index contributed by atoms with van der Waals surface area (Å²) >= 11 is 12.1. The molecule has 0 N–H and O–H groups in total. The first-order valence-electron chi connectivity index (χ1n) is 10.0. The molecule has 0 heterocycles. The second-order valence-corrected chi connectivity index (χ2v) is 7.01. The van der Waals surface area contributed by atoms with Gasteiger partial charge in [-0.05, 0) is 78.9 Å². The molecule has 0 fully saturated rings. The molecular formula is C27H24Cl2O3. The van der Waals surface area contributed by atoms with Crippen LogP contribution < -0.4 is 9.47 Å². The van der Waals surface area contributed by atoms with Gasteiger partial charge in [-0.25, -0.2) is 0 Å². The lowest BCUT2D eigenvalue weighted by atomic mass is 10.0. The van der Waals surface area contributed by atoms with Gasteiger partial charge >= 0.3 is 0 Å². The molecule has 3 aromatic rings. The number of carbonyl (C=O) groups is 1. The first-order chi connectivity index (χ1) is 15.5. The summed E-state index contributed by atoms with van der Waals surface area (Å²) in [6.45, 7) is 11.3. The zero-order valence-corrected chi connectivity index (χ0v) is 19.5. The van der Waals surface area contributed by atoms with Crippen LogP contribution in [0.4, 0.5) is 0 Å². The Kier molecular flexibility index (Phi) is 9.80. The summed E-state index contributed by atoms with van der Waals surface area (Å²) in [7, 11) is 0. The van der Waals surface area contributed by atoms with Crippen molar-refractivity contribution in [1.29, 1.82) is 0 Å². The Morgan fingerprint density at radius 2 is 1.41 bits per heavy atom. The van der Waals surface area contributed by atoms with Gasteiger partial charge in [-0.15, -0.1) is 0 Å². The van der Waals surface area contributed by atoms with E-state index in [4.69, 9.17) is 32.7 Å². The largest absolute Gasteiger partial charge is 0.457 e. The lowest BCUT2D eigenvalue weighted by molar-refractivity contribution is 0.103. The number of rotatable bonds is 8. The highest BCUT2D eigenvalue weighted by Crippen LogP contribution is 2.27. The third kappa shape index (κ3) is 6.88. The highest BCUT2D eigenvalue weighted by atomic mass is 35.5. The first kappa shape index (κ1) is 25.0. The Balaban J connectivity index is 0.00000176. The molecule has 0 unspecified atom stereocenters. The van der Waals surface area contributed by atoms with E-state index in [1.807, 2.05) is 13.8 Å². The van der Waals surface area contributed by atoms with E-state index in [0.717, 1.165) is 0 Å². The number of ketones is 1. The molecule has 164 valence electrons. The summed E-state index contributed by atoms with van der Waals surface area (Å²) in [5, 5.41) is 0.810. The fourth-order valence-electron chi connectivity index (χ4n) is 2.61. The Morgan fingerprint density at radius 1 is 0.844 bits per heavy atom. The fourth-order valence-corrected chi connectivity index (χ4v) is 2.98. The minimum absolute atomic E-state index is 0.207. The molecule has 3 aromatic carbocycles. The minimum Gasteiger partial charge on any atom is -0.457 e. The van der Waals surface area contributed by atoms with Gasteiger partial charge in [-0.2, -0.15) is 0 Å². The Morgan fingerprint density at radius 3 is 1.97 bits per heavy atom. The van der Waals surface area contributed by atoms with Crippen LogP contribution in [0.2, 0.25) is 10.0 Å². The van der Waals surface area contributed by atoms with Crippen molar-refractivity contribution in [2.75, 3.05) is 0 Å². The molecule has 0 amide bonds. The maximum absolute atomic E-state index is 12.7. The van der Waals surface area contributed by atoms with Gasteiger partial charge in [0, 0.05) is 16.1 Å². The Labute approximate surface area is 199 Å². The summed E-state index contributed by atoms with van der Waals surface area (Å²) in [5.41, 5.74) is 0.846. The molecule has 32 heavy (non-hydrogen) atoms. The van der Waals surface area contributed by atoms with Gasteiger partial charge in [-0.3, -0.25) is 4.79 Å². The summed E-state index contributed by atoms with van der Waals surface area (Å²) in [4.78, 5) is 12.7. The lowest BCUT2D eigenvalue weighted by Gasteiger charge is -2.09. The van der Waals surface area contributed by atoms with E-state index >= 15 is 0 Å². The predicted molar refractivity (Wildman–Crippen MR) is 133 cm³/mol. The average molecular weight is 467 g/mol. The highest BCUT2D eigenvalue weighted by Gasteiger charge is 2.13. The van der Waals surface area contributed by atoms with Crippen molar-refractivity contribution in [2.45, 2.75) is 13.8 Å². The number of benzene rings is 3. The van der Waals surface area contributed by atoms with Crippen molar-refractivity contribution in [1.82, 2.24) is 0 Å². The van der Waals surface area contributed by atoms with E-state index in [9.17, 15) is 4.79 Å². The van der Waals surface area contributed by atoms with Crippen molar-refractivity contribution in [3.05, 3.63) is 125 Å². The lowest BCUT2D eigenvalue weighted by Crippen LogP contribution is -2.02. The Bertz CT molecular complexity index is 1100. The van der Waals surface area contributed by atoms with E-state index in [2.05, 4.69) is 13.2 Å². The maximum atomic E-state index is 12.7. The molecule has 0 atom stereocenters. The first-order valence-corrected chi connectivity index (χ1v) is 10.8. The van der Waals surface area contributed by atoms with Crippen molar-refractivity contribution >= 4 is 29.0 Å². The monoisotopic (exact) mass is 466 g/mol. The van der Waals surface area contributed by atoms with Crippen LogP contribution >= 0.6 is 23.2 Å². The van der Waals surface area contributed by atoms with Crippen molar-refractivity contribution < 1.29 is 14.3 Å². The van der Waals surface area contributed by atoms with Crippen LogP contribution in [0.1, 0.15) is 29.8 Å². The van der Waals surface area contributed by atoms with Gasteiger partial charge < -0.3 is 9.47 Å². The van der Waals surface area contributed by atoms with Crippen LogP contribution in [0.15, 0.2) is 104 Å². The molecule has 3 rings (SSSR count). The highest BCUT2D eigenvalue weighted by molar-refractivity contribution is 6.36. The minimum atomic E-state index is -0.207. The molecule has 0 aliphatic heterocycles. The molecule has 0 spiro atoms. The summed E-state index contributed by atoms with van der Waals surface area (Å²) in [5.74, 6) is 2.26. The predicted octanol–water partition coefficient (Wildman–Crippen LogP) is 8.68. The van der Waals surface area contributed by atoms with E-state index in [-0.39, 0.29) is 5.78 Å². The molecular weight excluding hydrogens is 443 g/mol. The van der Waals surface area contributed by atoms with Gasteiger partial charge in [0.1, 0.15) is 23.0 Å². The van der Waals surface area contributed by atoms with Gasteiger partial charge in [0.25, 0.3) is 0 Å². The number of ether oxygens (including phenoxy) is 2. The molecule has 0 radical (unpaired) electrons. The van der Waals surface area contributed by atoms with E-state index < -0.39 is 0 Å². The summed E-state index contributed by atoms with van der Waals surface area (Å²) in [6, 6.07) is 18.8. The second kappa shape index (κ2) is 12.6. The molecule has 3 nitrogen and oxygen atoms in total. The van der Waals surface area contributed by atoms with E-state index in [1.54, 1.807) is 85.0 Å². The third-order valence-electron chi connectivity index (χ3n) is 4.07. The average Bonchev–Trinajstić information content (AvgIpc) is 2.83. The number of carbonyl (C=O) groups excluding carboxylic acids is 1. The number of halogens is 2. The van der Waals surface area contributed by atoms with E-state index in [0.29, 0.717) is 44.2 Å². The summed E-state index contributed by atoms with van der Waals surface area (Å²) < 4.78 is 11.5. The molecule has 5 heteroatoms. The SMILES string of the molecule is C=C/C=C(\C=C)Oc1ccc(Oc2ccc(C(=O)c3cc(Cl)ccc3Cl)cc2)cc1.CC. The van der Waals surface area contributed by atoms with Crippen molar-refractivity contribution in [2.24, 2.45) is 0 Å². The van der Waals surface area contributed by atoms with Crippen molar-refractivity contribution in [3.8, 4) is 17.2 Å². The standard InChI is InChI=1S/C25H18Cl2O3.C2H6/c1-3-5-19(4-2)29-21-11-13-22(14-12-21)30-20-9-6-17(7-10-20)25(28)23-16-18(26)8-15-24(23)27;1-2/h3-16H,1-2H2;1-2H3/b19-5+;. The van der Waals surface area contributed by atoms with Crippen LogP contribution in [0.25, 0.3) is 0 Å². The molecule has 0 aromatic heterocycles. The van der Waals surface area contributed by atoms with Crippen molar-refractivity contribution in [3.63, 3.8) is 0 Å². The number of hydrogen-bond donors (Lipinski definition) is 0. The van der Waals surface area contributed by atoms with Crippen LogP contribution in [0.5, 0.6) is 17.2 Å². The maximum Gasteiger partial charge on any atom is 0.194 e. The smallest absolute Gasteiger partial charge is 0.194 e. The van der Waals surface area contributed by atoms with Crippen LogP contribution in [0, 0.1) is 0 Å². The van der Waals surface area contributed by atoms with Crippen LogP contribution in [-0.4, -0.2) is 5.78 Å². The van der Waals surface area contributed by atoms with E-state index in [1.165, 1.54) is 0 Å². The quantitative estimate of drug-likeness (QED) is 0.189. The Hall–Kier alpha value is -3.27. The van der Waals surface area contributed by atoms with Crippen LogP contribution in [-0.2, 0) is 0 Å². The third-order valence-corrected chi connectivity index (χ3v) is 4.63. The van der Waals surface area contributed by atoms with Gasteiger partial charge in [0.15, 0.2) is 5.78 Å². The normalized spacial score (nSPS) is 10.4. The number of allylic oxidation sites excluding steroid dienone is 3.